The van der Waals surface area contributed by atoms with Crippen molar-refractivity contribution in [2.45, 2.75) is 31.3 Å². The van der Waals surface area contributed by atoms with E-state index in [0.717, 1.165) is 0 Å². The van der Waals surface area contributed by atoms with E-state index in [9.17, 15) is 44.3 Å². The molecule has 3 nitrogen and oxygen atoms in total. The lowest BCUT2D eigenvalue weighted by Gasteiger charge is -2.20. The fraction of sp³-hybridized carbons (Fsp3) is 0.250. The van der Waals surface area contributed by atoms with E-state index in [-0.39, 0.29) is 12.1 Å². The summed E-state index contributed by atoms with van der Waals surface area (Å²) in [6, 6.07) is 3.03. The van der Waals surface area contributed by atoms with Gasteiger partial charge in [-0.25, -0.2) is 9.18 Å². The number of alkyl halides is 8. The fourth-order valence-electron chi connectivity index (χ4n) is 2.72. The first-order valence-corrected chi connectivity index (χ1v) is 9.03. The number of ether oxygens (including phenoxy) is 1. The highest BCUT2D eigenvalue weighted by atomic mass is 35.5. The second-order valence-electron chi connectivity index (χ2n) is 6.70. The van der Waals surface area contributed by atoms with Crippen molar-refractivity contribution in [1.29, 1.82) is 0 Å². The number of hydrogen-bond donors (Lipinski definition) is 1. The molecule has 1 N–H and O–H groups in total. The van der Waals surface area contributed by atoms with Crippen molar-refractivity contribution in [2.75, 3.05) is 0 Å². The van der Waals surface area contributed by atoms with Gasteiger partial charge >= 0.3 is 24.4 Å². The molecule has 0 saturated carbocycles. The molecule has 2 rings (SSSR count). The third kappa shape index (κ3) is 6.80. The highest BCUT2D eigenvalue weighted by Gasteiger charge is 2.41. The molecule has 0 saturated heterocycles. The molecule has 0 amide bonds. The molecular weight excluding hydrogens is 495 g/mol. The predicted octanol–water partition coefficient (Wildman–Crippen LogP) is 7.71. The maximum atomic E-state index is 14.6. The van der Waals surface area contributed by atoms with Gasteiger partial charge in [0.1, 0.15) is 17.5 Å². The first-order chi connectivity index (χ1) is 14.9. The molecule has 0 aromatic heterocycles. The van der Waals surface area contributed by atoms with Gasteiger partial charge in [-0.2, -0.15) is 35.1 Å². The smallest absolute Gasteiger partial charge is 0.417 e. The van der Waals surface area contributed by atoms with Crippen LogP contribution in [-0.4, -0.2) is 23.4 Å². The van der Waals surface area contributed by atoms with E-state index in [1.165, 1.54) is 0 Å². The van der Waals surface area contributed by atoms with Crippen LogP contribution < -0.4 is 4.74 Å². The van der Waals surface area contributed by atoms with Gasteiger partial charge in [-0.3, -0.25) is 0 Å². The van der Waals surface area contributed by atoms with Gasteiger partial charge in [0.2, 0.25) is 0 Å². The lowest BCUT2D eigenvalue weighted by molar-refractivity contribution is -0.159. The van der Waals surface area contributed by atoms with Crippen LogP contribution in [0.25, 0.3) is 5.83 Å². The van der Waals surface area contributed by atoms with Crippen LogP contribution in [0.3, 0.4) is 0 Å². The Hall–Kier alpha value is -2.89. The van der Waals surface area contributed by atoms with Crippen LogP contribution in [0.4, 0.5) is 39.5 Å². The summed E-state index contributed by atoms with van der Waals surface area (Å²) in [5.41, 5.74) is -4.66. The van der Waals surface area contributed by atoms with Crippen molar-refractivity contribution < 1.29 is 54.2 Å². The molecule has 0 aliphatic heterocycles. The number of hydrogen-bond acceptors (Lipinski definition) is 2. The highest BCUT2D eigenvalue weighted by Crippen LogP contribution is 2.42. The summed E-state index contributed by atoms with van der Waals surface area (Å²) in [4.78, 5) is 11.0. The summed E-state index contributed by atoms with van der Waals surface area (Å²) in [5.74, 6) is -7.10. The van der Waals surface area contributed by atoms with Crippen molar-refractivity contribution in [1.82, 2.24) is 0 Å². The number of benzene rings is 2. The number of rotatable bonds is 6. The summed E-state index contributed by atoms with van der Waals surface area (Å²) >= 11 is 5.68. The molecular formula is C20H12ClF9O3. The van der Waals surface area contributed by atoms with E-state index in [1.54, 1.807) is 0 Å². The van der Waals surface area contributed by atoms with Crippen LogP contribution in [0.15, 0.2) is 42.5 Å². The summed E-state index contributed by atoms with van der Waals surface area (Å²) in [7, 11) is 0. The fourth-order valence-corrected chi connectivity index (χ4v) is 2.95. The van der Waals surface area contributed by atoms with Gasteiger partial charge in [-0.15, -0.1) is 0 Å². The Morgan fingerprint density at radius 1 is 1.03 bits per heavy atom. The van der Waals surface area contributed by atoms with Crippen LogP contribution in [0, 0.1) is 0 Å². The van der Waals surface area contributed by atoms with Gasteiger partial charge in [0.05, 0.1) is 16.1 Å². The standard InChI is InChI=1S/C20H12ClF9O3/c1-18(23,24)33-16-5-3-9(7-14(16)21)12(19(25,26)27)8-15(22)10-2-4-11(17(31)32)13(6-10)20(28,29)30/h2-8,12H,1H3,(H,31,32)/b15-8-. The van der Waals surface area contributed by atoms with E-state index in [4.69, 9.17) is 16.7 Å². The quantitative estimate of drug-likeness (QED) is 0.408. The first-order valence-electron chi connectivity index (χ1n) is 8.65. The second-order valence-corrected chi connectivity index (χ2v) is 7.10. The number of carboxylic acid groups (broad SMARTS) is 1. The third-order valence-electron chi connectivity index (χ3n) is 4.10. The summed E-state index contributed by atoms with van der Waals surface area (Å²) in [5, 5.41) is 8.20. The molecule has 0 fully saturated rings. The number of carbonyl (C=O) groups is 1. The molecule has 13 heteroatoms. The molecule has 0 spiro atoms. The molecule has 1 atom stereocenters. The second kappa shape index (κ2) is 9.16. The summed E-state index contributed by atoms with van der Waals surface area (Å²) in [6.07, 6.45) is -14.1. The topological polar surface area (TPSA) is 46.5 Å². The van der Waals surface area contributed by atoms with E-state index in [0.29, 0.717) is 37.3 Å². The molecule has 0 radical (unpaired) electrons. The average Bonchev–Trinajstić information content (AvgIpc) is 2.64. The first kappa shape index (κ1) is 26.4. The molecule has 1 unspecified atom stereocenters. The molecule has 2 aromatic rings. The lowest BCUT2D eigenvalue weighted by atomic mass is 9.95. The molecule has 0 aliphatic rings. The van der Waals surface area contributed by atoms with Gasteiger partial charge in [-0.1, -0.05) is 23.7 Å². The van der Waals surface area contributed by atoms with Gasteiger partial charge < -0.3 is 9.84 Å². The molecule has 0 aliphatic carbocycles. The minimum absolute atomic E-state index is 0.0451. The Bertz CT molecular complexity index is 1070. The maximum Gasteiger partial charge on any atom is 0.417 e. The van der Waals surface area contributed by atoms with Crippen LogP contribution >= 0.6 is 11.6 Å². The van der Waals surface area contributed by atoms with Crippen LogP contribution in [-0.2, 0) is 6.18 Å². The van der Waals surface area contributed by atoms with Crippen molar-refractivity contribution in [3.63, 3.8) is 0 Å². The van der Waals surface area contributed by atoms with Crippen LogP contribution in [0.2, 0.25) is 5.02 Å². The summed E-state index contributed by atoms with van der Waals surface area (Å²) in [6.45, 7) is 0.360. The summed E-state index contributed by atoms with van der Waals surface area (Å²) < 4.78 is 125. The van der Waals surface area contributed by atoms with Gasteiger partial charge in [0.25, 0.3) is 0 Å². The minimum Gasteiger partial charge on any atom is -0.478 e. The van der Waals surface area contributed by atoms with E-state index in [1.807, 2.05) is 0 Å². The molecule has 180 valence electrons. The maximum absolute atomic E-state index is 14.6. The highest BCUT2D eigenvalue weighted by molar-refractivity contribution is 6.32. The van der Waals surface area contributed by atoms with Crippen molar-refractivity contribution in [2.24, 2.45) is 0 Å². The SMILES string of the molecule is CC(F)(F)Oc1ccc(C(/C=C(\F)c2ccc(C(=O)O)c(C(F)(F)F)c2)C(F)(F)F)cc1Cl. The van der Waals surface area contributed by atoms with E-state index in [2.05, 4.69) is 4.74 Å². The number of carboxylic acids is 1. The molecule has 33 heavy (non-hydrogen) atoms. The zero-order valence-corrected chi connectivity index (χ0v) is 16.9. The molecule has 0 heterocycles. The monoisotopic (exact) mass is 506 g/mol. The van der Waals surface area contributed by atoms with Crippen LogP contribution in [0.5, 0.6) is 5.75 Å². The average molecular weight is 507 g/mol. The van der Waals surface area contributed by atoms with Crippen molar-refractivity contribution in [3.05, 3.63) is 69.8 Å². The van der Waals surface area contributed by atoms with E-state index < -0.39 is 69.2 Å². The predicted molar refractivity (Wildman–Crippen MR) is 99.0 cm³/mol. The number of halogens is 10. The van der Waals surface area contributed by atoms with Crippen LogP contribution in [0.1, 0.15) is 39.9 Å². The van der Waals surface area contributed by atoms with Gasteiger partial charge in [-0.05, 0) is 35.9 Å². The Morgan fingerprint density at radius 2 is 1.64 bits per heavy atom. The molecule has 2 aromatic carbocycles. The Labute approximate surface area is 185 Å². The zero-order chi connectivity index (χ0) is 25.4. The Morgan fingerprint density at radius 3 is 2.09 bits per heavy atom. The number of aromatic carboxylic acids is 1. The third-order valence-corrected chi connectivity index (χ3v) is 4.40. The van der Waals surface area contributed by atoms with Crippen molar-refractivity contribution in [3.8, 4) is 5.75 Å². The lowest BCUT2D eigenvalue weighted by Crippen LogP contribution is -2.21. The van der Waals surface area contributed by atoms with Gasteiger partial charge in [0.15, 0.2) is 0 Å². The minimum atomic E-state index is -5.22. The van der Waals surface area contributed by atoms with Gasteiger partial charge in [0, 0.05) is 12.5 Å². The largest absolute Gasteiger partial charge is 0.478 e. The zero-order valence-electron chi connectivity index (χ0n) is 16.2. The number of allylic oxidation sites excluding steroid dienone is 1. The van der Waals surface area contributed by atoms with Crippen molar-refractivity contribution >= 4 is 23.4 Å². The Balaban J connectivity index is 2.54. The molecule has 0 bridgehead atoms. The van der Waals surface area contributed by atoms with E-state index >= 15 is 0 Å². The normalized spacial score (nSPS) is 14.2. The Kier molecular flexibility index (Phi) is 7.32.